The van der Waals surface area contributed by atoms with Gasteiger partial charge in [0.2, 0.25) is 10.0 Å². The van der Waals surface area contributed by atoms with Gasteiger partial charge in [-0.05, 0) is 59.9 Å². The number of ether oxygens (including phenoxy) is 4. The molecule has 2 N–H and O–H groups in total. The summed E-state index contributed by atoms with van der Waals surface area (Å²) in [4.78, 5) is 12.9. The van der Waals surface area contributed by atoms with E-state index in [9.17, 15) is 18.3 Å². The van der Waals surface area contributed by atoms with Crippen molar-refractivity contribution in [3.05, 3.63) is 90.0 Å². The number of hydrogen-bond acceptors (Lipinski definition) is 8. The summed E-state index contributed by atoms with van der Waals surface area (Å²) in [5.74, 6) is 1.20. The van der Waals surface area contributed by atoms with Crippen molar-refractivity contribution < 1.29 is 37.3 Å². The fourth-order valence-corrected chi connectivity index (χ4v) is 6.47. The van der Waals surface area contributed by atoms with Gasteiger partial charge in [-0.15, -0.1) is 0 Å². The van der Waals surface area contributed by atoms with Crippen molar-refractivity contribution in [2.45, 2.75) is 56.4 Å². The number of rotatable bonds is 15. The van der Waals surface area contributed by atoms with Crippen LogP contribution >= 0.6 is 0 Å². The molecule has 1 saturated heterocycles. The van der Waals surface area contributed by atoms with Gasteiger partial charge in [-0.3, -0.25) is 0 Å². The Bertz CT molecular complexity index is 1410. The lowest BCUT2D eigenvalue weighted by atomic mass is 10.0. The Kier molecular flexibility index (Phi) is 12.0. The molecule has 1 fully saturated rings. The lowest BCUT2D eigenvalue weighted by Crippen LogP contribution is -2.51. The fourth-order valence-electron chi connectivity index (χ4n) is 4.85. The largest absolute Gasteiger partial charge is 0.497 e. The third kappa shape index (κ3) is 9.68. The lowest BCUT2D eigenvalue weighted by Gasteiger charge is -2.30. The summed E-state index contributed by atoms with van der Waals surface area (Å²) < 4.78 is 50.5. The summed E-state index contributed by atoms with van der Waals surface area (Å²) in [6.07, 6.45) is -1.49. The molecule has 3 atom stereocenters. The highest BCUT2D eigenvalue weighted by molar-refractivity contribution is 7.89. The number of carbonyl (C=O) groups is 1. The van der Waals surface area contributed by atoms with E-state index >= 15 is 0 Å². The van der Waals surface area contributed by atoms with E-state index in [4.69, 9.17) is 18.9 Å². The van der Waals surface area contributed by atoms with Crippen molar-refractivity contribution in [3.8, 4) is 11.5 Å². The molecule has 0 unspecified atom stereocenters. The highest BCUT2D eigenvalue weighted by atomic mass is 32.2. The van der Waals surface area contributed by atoms with E-state index < -0.39 is 28.3 Å². The summed E-state index contributed by atoms with van der Waals surface area (Å²) in [5.41, 5.74) is 1.87. The molecule has 238 valence electrons. The molecule has 1 aliphatic rings. The first-order chi connectivity index (χ1) is 21.1. The van der Waals surface area contributed by atoms with Gasteiger partial charge in [-0.25, -0.2) is 13.2 Å². The average molecular weight is 627 g/mol. The van der Waals surface area contributed by atoms with Crippen LogP contribution in [-0.4, -0.2) is 75.6 Å². The maximum atomic E-state index is 13.7. The van der Waals surface area contributed by atoms with E-state index in [1.165, 1.54) is 23.5 Å². The monoisotopic (exact) mass is 626 g/mol. The molecule has 44 heavy (non-hydrogen) atoms. The lowest BCUT2D eigenvalue weighted by molar-refractivity contribution is 0.0644. The van der Waals surface area contributed by atoms with Crippen LogP contribution in [0, 0.1) is 5.92 Å². The van der Waals surface area contributed by atoms with Gasteiger partial charge < -0.3 is 29.4 Å². The second-order valence-corrected chi connectivity index (χ2v) is 13.2. The normalized spacial score (nSPS) is 16.5. The summed E-state index contributed by atoms with van der Waals surface area (Å²) in [6.45, 7) is 5.00. The Labute approximate surface area is 259 Å². The molecule has 0 saturated carbocycles. The van der Waals surface area contributed by atoms with Crippen molar-refractivity contribution in [1.82, 2.24) is 9.62 Å². The van der Waals surface area contributed by atoms with Crippen LogP contribution in [0.5, 0.6) is 11.5 Å². The Morgan fingerprint density at radius 1 is 0.977 bits per heavy atom. The minimum atomic E-state index is -3.96. The Hall–Kier alpha value is -3.64. The topological polar surface area (TPSA) is 124 Å². The number of nitrogens with zero attached hydrogens (tertiary/aromatic N) is 1. The number of hydrogen-bond donors (Lipinski definition) is 2. The van der Waals surface area contributed by atoms with E-state index in [0.717, 1.165) is 11.1 Å². The van der Waals surface area contributed by atoms with Crippen molar-refractivity contribution in [3.63, 3.8) is 0 Å². The van der Waals surface area contributed by atoms with Crippen LogP contribution < -0.4 is 14.8 Å². The van der Waals surface area contributed by atoms with Crippen LogP contribution in [0.15, 0.2) is 83.8 Å². The van der Waals surface area contributed by atoms with Gasteiger partial charge in [0.1, 0.15) is 24.2 Å². The Morgan fingerprint density at radius 2 is 1.66 bits per heavy atom. The minimum Gasteiger partial charge on any atom is -0.497 e. The van der Waals surface area contributed by atoms with Gasteiger partial charge in [0, 0.05) is 19.5 Å². The van der Waals surface area contributed by atoms with Crippen LogP contribution in [0.4, 0.5) is 4.79 Å². The molecule has 1 heterocycles. The minimum absolute atomic E-state index is 0.0163. The average Bonchev–Trinajstić information content (AvgIpc) is 3.53. The van der Waals surface area contributed by atoms with Crippen molar-refractivity contribution in [1.29, 1.82) is 0 Å². The number of amides is 1. The molecular formula is C33H42N2O8S. The van der Waals surface area contributed by atoms with Crippen molar-refractivity contribution in [2.24, 2.45) is 5.92 Å². The molecule has 4 rings (SSSR count). The first kappa shape index (κ1) is 33.3. The molecule has 10 nitrogen and oxygen atoms in total. The number of sulfonamides is 1. The van der Waals surface area contributed by atoms with E-state index in [0.29, 0.717) is 37.7 Å². The first-order valence-corrected chi connectivity index (χ1v) is 16.2. The third-order valence-corrected chi connectivity index (χ3v) is 9.06. The maximum absolute atomic E-state index is 13.7. The number of alkyl carbamates (subject to hydrolysis) is 1. The SMILES string of the molecule is COc1ccc(S(=O)(=O)N(CC(C)C)C[C@@H](O)[C@H](Cc2ccc(OCc3ccccc3)cc2)NC(=O)O[C@@H]2CCOC2)cc1. The molecule has 3 aromatic carbocycles. The fraction of sp³-hybridized carbons (Fsp3) is 0.424. The molecule has 3 aromatic rings. The predicted octanol–water partition coefficient (Wildman–Crippen LogP) is 4.41. The molecule has 0 aromatic heterocycles. The Morgan fingerprint density at radius 3 is 2.27 bits per heavy atom. The van der Waals surface area contributed by atoms with E-state index in [2.05, 4.69) is 5.32 Å². The van der Waals surface area contributed by atoms with Gasteiger partial charge >= 0.3 is 6.09 Å². The van der Waals surface area contributed by atoms with Gasteiger partial charge in [0.15, 0.2) is 0 Å². The molecule has 0 spiro atoms. The third-order valence-electron chi connectivity index (χ3n) is 7.21. The number of benzene rings is 3. The standard InChI is InChI=1S/C33H42N2O8S/c1-24(2)20-35(44(38,39)30-15-13-27(40-3)14-16-30)21-32(36)31(34-33(37)43-29-17-18-41-23-29)19-25-9-11-28(12-10-25)42-22-26-7-5-4-6-8-26/h4-16,24,29,31-32,36H,17-23H2,1-3H3,(H,34,37)/t29-,31+,32-/m1/s1. The smallest absolute Gasteiger partial charge is 0.407 e. The van der Waals surface area contributed by atoms with Crippen molar-refractivity contribution in [2.75, 3.05) is 33.4 Å². The summed E-state index contributed by atoms with van der Waals surface area (Å²) in [6, 6.07) is 22.5. The quantitative estimate of drug-likeness (QED) is 0.254. The highest BCUT2D eigenvalue weighted by Gasteiger charge is 2.32. The molecule has 1 amide bonds. The van der Waals surface area contributed by atoms with Crippen LogP contribution in [0.25, 0.3) is 0 Å². The summed E-state index contributed by atoms with van der Waals surface area (Å²) in [7, 11) is -2.46. The first-order valence-electron chi connectivity index (χ1n) is 14.8. The van der Waals surface area contributed by atoms with Gasteiger partial charge in [-0.1, -0.05) is 56.3 Å². The summed E-state index contributed by atoms with van der Waals surface area (Å²) >= 11 is 0. The molecule has 1 aliphatic heterocycles. The van der Waals surface area contributed by atoms with Crippen molar-refractivity contribution >= 4 is 16.1 Å². The van der Waals surface area contributed by atoms with E-state index in [1.54, 1.807) is 12.1 Å². The van der Waals surface area contributed by atoms with Crippen LogP contribution in [0.2, 0.25) is 0 Å². The second-order valence-electron chi connectivity index (χ2n) is 11.2. The zero-order valence-corrected chi connectivity index (χ0v) is 26.2. The molecule has 0 bridgehead atoms. The summed E-state index contributed by atoms with van der Waals surface area (Å²) in [5, 5.41) is 14.3. The number of aliphatic hydroxyl groups excluding tert-OH is 1. The zero-order chi connectivity index (χ0) is 31.5. The highest BCUT2D eigenvalue weighted by Crippen LogP contribution is 2.22. The van der Waals surface area contributed by atoms with E-state index in [1.807, 2.05) is 68.4 Å². The predicted molar refractivity (Wildman–Crippen MR) is 166 cm³/mol. The maximum Gasteiger partial charge on any atom is 0.407 e. The second kappa shape index (κ2) is 15.9. The zero-order valence-electron chi connectivity index (χ0n) is 25.4. The molecular weight excluding hydrogens is 584 g/mol. The van der Waals surface area contributed by atoms with E-state index in [-0.39, 0.29) is 36.4 Å². The number of carbonyl (C=O) groups excluding carboxylic acids is 1. The van der Waals surface area contributed by atoms with Gasteiger partial charge in [-0.2, -0.15) is 4.31 Å². The molecule has 0 aliphatic carbocycles. The van der Waals surface area contributed by atoms with Crippen LogP contribution in [-0.2, 0) is 32.5 Å². The number of aliphatic hydroxyl groups is 1. The molecule has 11 heteroatoms. The molecule has 0 radical (unpaired) electrons. The van der Waals surface area contributed by atoms with Gasteiger partial charge in [0.25, 0.3) is 0 Å². The Balaban J connectivity index is 1.50. The number of methoxy groups -OCH3 is 1. The number of nitrogens with one attached hydrogen (secondary N) is 1. The van der Waals surface area contributed by atoms with Crippen LogP contribution in [0.1, 0.15) is 31.4 Å². The van der Waals surface area contributed by atoms with Gasteiger partial charge in [0.05, 0.1) is 37.4 Å². The van der Waals surface area contributed by atoms with Crippen LogP contribution in [0.3, 0.4) is 0 Å².